The van der Waals surface area contributed by atoms with Crippen LogP contribution in [-0.2, 0) is 6.42 Å². The van der Waals surface area contributed by atoms with Crippen molar-refractivity contribution >= 4 is 0 Å². The van der Waals surface area contributed by atoms with E-state index in [9.17, 15) is 5.11 Å². The lowest BCUT2D eigenvalue weighted by atomic mass is 9.97. The summed E-state index contributed by atoms with van der Waals surface area (Å²) in [6, 6.07) is 15.8. The summed E-state index contributed by atoms with van der Waals surface area (Å²) >= 11 is 0. The molecule has 0 bridgehead atoms. The molecule has 2 aromatic carbocycles. The van der Waals surface area contributed by atoms with Crippen LogP contribution < -0.4 is 0 Å². The van der Waals surface area contributed by atoms with Crippen molar-refractivity contribution in [1.82, 2.24) is 0 Å². The molecule has 1 N–H and O–H groups in total. The van der Waals surface area contributed by atoms with Crippen LogP contribution in [0.4, 0.5) is 0 Å². The maximum absolute atomic E-state index is 9.75. The van der Waals surface area contributed by atoms with Crippen LogP contribution in [0.25, 0.3) is 11.1 Å². The van der Waals surface area contributed by atoms with Crippen LogP contribution in [0.15, 0.2) is 48.5 Å². The van der Waals surface area contributed by atoms with Crippen LogP contribution in [0, 0.1) is 0 Å². The van der Waals surface area contributed by atoms with Crippen molar-refractivity contribution in [1.29, 1.82) is 0 Å². The summed E-state index contributed by atoms with van der Waals surface area (Å²) in [4.78, 5) is 0. The zero-order chi connectivity index (χ0) is 10.7. The first-order valence-corrected chi connectivity index (χ1v) is 5.19. The quantitative estimate of drug-likeness (QED) is 0.781. The fourth-order valence-electron chi connectivity index (χ4n) is 1.83. The Kier molecular flexibility index (Phi) is 2.72. The van der Waals surface area contributed by atoms with Gasteiger partial charge in [-0.3, -0.25) is 0 Å². The molecule has 0 aromatic heterocycles. The SMILES string of the molecule is CCc1c(O)cccc1-c1ccccc1. The summed E-state index contributed by atoms with van der Waals surface area (Å²) in [5.41, 5.74) is 3.30. The third-order valence-corrected chi connectivity index (χ3v) is 2.59. The second-order valence-corrected chi connectivity index (χ2v) is 3.52. The van der Waals surface area contributed by atoms with Crippen LogP contribution in [0.2, 0.25) is 0 Å². The Hall–Kier alpha value is -1.76. The molecule has 0 heterocycles. The minimum Gasteiger partial charge on any atom is -0.508 e. The van der Waals surface area contributed by atoms with Gasteiger partial charge in [-0.2, -0.15) is 0 Å². The van der Waals surface area contributed by atoms with E-state index in [1.165, 1.54) is 0 Å². The lowest BCUT2D eigenvalue weighted by molar-refractivity contribution is 0.469. The van der Waals surface area contributed by atoms with Crippen LogP contribution in [0.1, 0.15) is 12.5 Å². The van der Waals surface area contributed by atoms with E-state index in [1.54, 1.807) is 6.07 Å². The number of phenolic OH excluding ortho intramolecular Hbond substituents is 1. The molecule has 76 valence electrons. The van der Waals surface area contributed by atoms with Crippen LogP contribution in [-0.4, -0.2) is 5.11 Å². The predicted octanol–water partition coefficient (Wildman–Crippen LogP) is 3.62. The first-order valence-electron chi connectivity index (χ1n) is 5.19. The highest BCUT2D eigenvalue weighted by atomic mass is 16.3. The van der Waals surface area contributed by atoms with Gasteiger partial charge in [-0.05, 0) is 23.6 Å². The summed E-state index contributed by atoms with van der Waals surface area (Å²) < 4.78 is 0. The molecule has 2 rings (SSSR count). The van der Waals surface area contributed by atoms with E-state index in [0.717, 1.165) is 23.1 Å². The van der Waals surface area contributed by atoms with Crippen LogP contribution in [0.3, 0.4) is 0 Å². The van der Waals surface area contributed by atoms with Crippen LogP contribution >= 0.6 is 0 Å². The molecule has 15 heavy (non-hydrogen) atoms. The van der Waals surface area contributed by atoms with Crippen molar-refractivity contribution in [3.63, 3.8) is 0 Å². The highest BCUT2D eigenvalue weighted by Gasteiger charge is 2.06. The van der Waals surface area contributed by atoms with Gasteiger partial charge < -0.3 is 5.11 Å². The molecular formula is C14H14O. The molecular weight excluding hydrogens is 184 g/mol. The molecule has 0 aliphatic carbocycles. The fraction of sp³-hybridized carbons (Fsp3) is 0.143. The van der Waals surface area contributed by atoms with Crippen molar-refractivity contribution in [2.45, 2.75) is 13.3 Å². The molecule has 0 amide bonds. The van der Waals surface area contributed by atoms with Crippen LogP contribution in [0.5, 0.6) is 5.75 Å². The van der Waals surface area contributed by atoms with Gasteiger partial charge in [-0.25, -0.2) is 0 Å². The first-order chi connectivity index (χ1) is 7.33. The smallest absolute Gasteiger partial charge is 0.119 e. The van der Waals surface area contributed by atoms with E-state index < -0.39 is 0 Å². The normalized spacial score (nSPS) is 10.2. The summed E-state index contributed by atoms with van der Waals surface area (Å²) in [5, 5.41) is 9.75. The maximum atomic E-state index is 9.75. The largest absolute Gasteiger partial charge is 0.508 e. The maximum Gasteiger partial charge on any atom is 0.119 e. The minimum absolute atomic E-state index is 0.388. The van der Waals surface area contributed by atoms with E-state index in [2.05, 4.69) is 19.1 Å². The highest BCUT2D eigenvalue weighted by molar-refractivity contribution is 5.69. The third kappa shape index (κ3) is 1.86. The predicted molar refractivity (Wildman–Crippen MR) is 62.9 cm³/mol. The Morgan fingerprint density at radius 2 is 1.67 bits per heavy atom. The zero-order valence-electron chi connectivity index (χ0n) is 8.77. The van der Waals surface area contributed by atoms with Crippen molar-refractivity contribution < 1.29 is 5.11 Å². The van der Waals surface area contributed by atoms with Gasteiger partial charge in [0.15, 0.2) is 0 Å². The standard InChI is InChI=1S/C14H14O/c1-2-12-13(9-6-10-14(12)15)11-7-4-3-5-8-11/h3-10,15H,2H2,1H3. The minimum atomic E-state index is 0.388. The van der Waals surface area contributed by atoms with Gasteiger partial charge in [0, 0.05) is 5.56 Å². The van der Waals surface area contributed by atoms with Gasteiger partial charge in [-0.1, -0.05) is 49.4 Å². The topological polar surface area (TPSA) is 20.2 Å². The molecule has 0 fully saturated rings. The molecule has 0 saturated heterocycles. The van der Waals surface area contributed by atoms with E-state index in [1.807, 2.05) is 30.3 Å². The highest BCUT2D eigenvalue weighted by Crippen LogP contribution is 2.29. The van der Waals surface area contributed by atoms with Gasteiger partial charge in [0.05, 0.1) is 0 Å². The van der Waals surface area contributed by atoms with Crippen molar-refractivity contribution in [2.75, 3.05) is 0 Å². The molecule has 0 aliphatic heterocycles. The Morgan fingerprint density at radius 3 is 2.33 bits per heavy atom. The van der Waals surface area contributed by atoms with E-state index in [0.29, 0.717) is 5.75 Å². The molecule has 0 spiro atoms. The first kappa shape index (κ1) is 9.78. The average molecular weight is 198 g/mol. The molecule has 0 aliphatic rings. The number of hydrogen-bond acceptors (Lipinski definition) is 1. The molecule has 1 heteroatoms. The Morgan fingerprint density at radius 1 is 0.933 bits per heavy atom. The molecule has 0 radical (unpaired) electrons. The second kappa shape index (κ2) is 4.18. The molecule has 1 nitrogen and oxygen atoms in total. The van der Waals surface area contributed by atoms with Gasteiger partial charge in [0.1, 0.15) is 5.75 Å². The Labute approximate surface area is 90.0 Å². The number of rotatable bonds is 2. The Bertz CT molecular complexity index is 446. The van der Waals surface area contributed by atoms with Crippen molar-refractivity contribution in [3.8, 4) is 16.9 Å². The summed E-state index contributed by atoms with van der Waals surface area (Å²) in [5.74, 6) is 0.388. The molecule has 0 atom stereocenters. The zero-order valence-corrected chi connectivity index (χ0v) is 8.77. The van der Waals surface area contributed by atoms with Crippen molar-refractivity contribution in [2.24, 2.45) is 0 Å². The number of phenols is 1. The Balaban J connectivity index is 2.58. The van der Waals surface area contributed by atoms with E-state index in [-0.39, 0.29) is 0 Å². The van der Waals surface area contributed by atoms with Gasteiger partial charge in [-0.15, -0.1) is 0 Å². The van der Waals surface area contributed by atoms with Gasteiger partial charge in [0.2, 0.25) is 0 Å². The van der Waals surface area contributed by atoms with E-state index in [4.69, 9.17) is 0 Å². The number of aromatic hydroxyl groups is 1. The average Bonchev–Trinajstić information content (AvgIpc) is 2.30. The lowest BCUT2D eigenvalue weighted by Crippen LogP contribution is -1.87. The number of hydrogen-bond donors (Lipinski definition) is 1. The van der Waals surface area contributed by atoms with E-state index >= 15 is 0 Å². The van der Waals surface area contributed by atoms with Crippen molar-refractivity contribution in [3.05, 3.63) is 54.1 Å². The monoisotopic (exact) mass is 198 g/mol. The summed E-state index contributed by atoms with van der Waals surface area (Å²) in [6.07, 6.45) is 0.844. The number of benzene rings is 2. The lowest BCUT2D eigenvalue weighted by Gasteiger charge is -2.09. The fourth-order valence-corrected chi connectivity index (χ4v) is 1.83. The molecule has 0 unspecified atom stereocenters. The van der Waals surface area contributed by atoms with Gasteiger partial charge >= 0.3 is 0 Å². The summed E-state index contributed by atoms with van der Waals surface area (Å²) in [7, 11) is 0. The second-order valence-electron chi connectivity index (χ2n) is 3.52. The summed E-state index contributed by atoms with van der Waals surface area (Å²) in [6.45, 7) is 2.06. The molecule has 2 aromatic rings. The molecule has 0 saturated carbocycles. The third-order valence-electron chi connectivity index (χ3n) is 2.59. The van der Waals surface area contributed by atoms with Gasteiger partial charge in [0.25, 0.3) is 0 Å².